The molecule has 0 spiro atoms. The molecular weight excluding hydrogens is 84.0 g/mol. The van der Waals surface area contributed by atoms with Gasteiger partial charge in [0.05, 0.1) is 0 Å². The van der Waals surface area contributed by atoms with Crippen LogP contribution in [0.4, 0.5) is 0 Å². The van der Waals surface area contributed by atoms with E-state index in [2.05, 4.69) is 5.11 Å². The van der Waals surface area contributed by atoms with Crippen LogP contribution in [-0.2, 0) is 9.59 Å². The van der Waals surface area contributed by atoms with Gasteiger partial charge in [-0.1, -0.05) is 0 Å². The van der Waals surface area contributed by atoms with Gasteiger partial charge < -0.3 is 0 Å². The van der Waals surface area contributed by atoms with Crippen LogP contribution in [0.25, 0.3) is 0 Å². The predicted octanol–water partition coefficient (Wildman–Crippen LogP) is -0.257. The molecule has 0 saturated carbocycles. The third kappa shape index (κ3) is 1.28. The summed E-state index contributed by atoms with van der Waals surface area (Å²) in [6, 6.07) is 0. The van der Waals surface area contributed by atoms with E-state index < -0.39 is 5.91 Å². The maximum atomic E-state index is 9.46. The van der Waals surface area contributed by atoms with Crippen molar-refractivity contribution in [1.82, 2.24) is 0 Å². The molecule has 0 heterocycles. The highest BCUT2D eigenvalue weighted by molar-refractivity contribution is 6.23. The summed E-state index contributed by atoms with van der Waals surface area (Å²) >= 11 is 0. The maximum Gasteiger partial charge on any atom is 0.327 e. The number of nitrogens with one attached hydrogen (secondary N) is 1. The Morgan fingerprint density at radius 3 is 2.33 bits per heavy atom. The van der Waals surface area contributed by atoms with Crippen molar-refractivity contribution in [2.45, 2.75) is 0 Å². The number of carbonyl (C=O) groups excluding carboxylic acids is 2. The molecule has 0 fully saturated rings. The second-order valence-electron chi connectivity index (χ2n) is 0.568. The average Bonchev–Trinajstić information content (AvgIpc) is 1.65. The summed E-state index contributed by atoms with van der Waals surface area (Å²) in [4.78, 5) is 18.6. The highest BCUT2D eigenvalue weighted by Gasteiger charge is 1.86. The van der Waals surface area contributed by atoms with E-state index in [4.69, 9.17) is 5.53 Å². The van der Waals surface area contributed by atoms with Crippen LogP contribution in [-0.4, -0.2) is 12.2 Å². The summed E-state index contributed by atoms with van der Waals surface area (Å²) in [5.74, 6) is -1.05. The Hall–Kier alpha value is -1.06. The van der Waals surface area contributed by atoms with E-state index in [1.807, 2.05) is 0 Å². The molecule has 0 aromatic heterocycles. The minimum absolute atomic E-state index is 0.0208. The molecule has 0 bridgehead atoms. The molecule has 1 amide bonds. The normalized spacial score (nSPS) is 6.67. The van der Waals surface area contributed by atoms with E-state index in [-0.39, 0.29) is 6.29 Å². The van der Waals surface area contributed by atoms with Gasteiger partial charge in [-0.05, 0) is 0 Å². The van der Waals surface area contributed by atoms with E-state index in [1.165, 1.54) is 0 Å². The second kappa shape index (κ2) is 2.19. The Morgan fingerprint density at radius 1 is 1.83 bits per heavy atom. The Kier molecular flexibility index (Phi) is 1.81. The molecule has 0 aliphatic rings. The number of carbonyl (C=O) groups is 2. The van der Waals surface area contributed by atoms with Gasteiger partial charge in [0.15, 0.2) is 0 Å². The van der Waals surface area contributed by atoms with E-state index in [1.54, 1.807) is 0 Å². The Balaban J connectivity index is 3.52. The lowest BCUT2D eigenvalue weighted by atomic mass is 10.7. The summed E-state index contributed by atoms with van der Waals surface area (Å²) in [6.07, 6.45) is -0.0208. The number of hydrogen-bond acceptors (Lipinski definition) is 3. The first kappa shape index (κ1) is 4.94. The van der Waals surface area contributed by atoms with Crippen molar-refractivity contribution in [2.24, 2.45) is 5.11 Å². The van der Waals surface area contributed by atoms with Gasteiger partial charge in [-0.25, -0.2) is 5.53 Å². The largest absolute Gasteiger partial charge is 0.327 e. The molecule has 0 aliphatic carbocycles. The van der Waals surface area contributed by atoms with Crippen LogP contribution < -0.4 is 0 Å². The van der Waals surface area contributed by atoms with Gasteiger partial charge in [0.2, 0.25) is 6.29 Å². The molecule has 0 aromatic carbocycles. The molecule has 0 atom stereocenters. The zero-order chi connectivity index (χ0) is 4.99. The van der Waals surface area contributed by atoms with Crippen molar-refractivity contribution >= 4 is 12.2 Å². The SMILES string of the molecule is N=NC(=O)C=O. The fourth-order valence-corrected chi connectivity index (χ4v) is 0.0264. The van der Waals surface area contributed by atoms with Crippen LogP contribution in [0, 0.1) is 5.53 Å². The zero-order valence-corrected chi connectivity index (χ0v) is 2.84. The monoisotopic (exact) mass is 86.0 g/mol. The maximum absolute atomic E-state index is 9.46. The fraction of sp³-hybridized carbons (Fsp3) is 0. The van der Waals surface area contributed by atoms with E-state index in [9.17, 15) is 9.59 Å². The van der Waals surface area contributed by atoms with E-state index in [0.717, 1.165) is 0 Å². The molecule has 6 heavy (non-hydrogen) atoms. The molecule has 4 nitrogen and oxygen atoms in total. The smallest absolute Gasteiger partial charge is 0.292 e. The van der Waals surface area contributed by atoms with Crippen molar-refractivity contribution in [1.29, 1.82) is 5.53 Å². The van der Waals surface area contributed by atoms with E-state index >= 15 is 0 Å². The third-order valence-corrected chi connectivity index (χ3v) is 0.211. The van der Waals surface area contributed by atoms with E-state index in [0.29, 0.717) is 0 Å². The lowest BCUT2D eigenvalue weighted by Gasteiger charge is -1.61. The summed E-state index contributed by atoms with van der Waals surface area (Å²) in [5, 5.41) is 2.25. The molecule has 0 unspecified atom stereocenters. The van der Waals surface area contributed by atoms with Gasteiger partial charge in [0.25, 0.3) is 0 Å². The van der Waals surface area contributed by atoms with Crippen LogP contribution in [0.5, 0.6) is 0 Å². The van der Waals surface area contributed by atoms with Crippen LogP contribution in [0.2, 0.25) is 0 Å². The lowest BCUT2D eigenvalue weighted by Crippen LogP contribution is -1.88. The van der Waals surface area contributed by atoms with Gasteiger partial charge in [-0.15, -0.1) is 5.11 Å². The molecule has 0 rings (SSSR count). The summed E-state index contributed by atoms with van der Waals surface area (Å²) in [5.41, 5.74) is 5.85. The fourth-order valence-electron chi connectivity index (χ4n) is 0.0264. The first-order chi connectivity index (χ1) is 2.81. The Bertz CT molecular complexity index is 77.5. The average molecular weight is 86.0 g/mol. The number of hydrogen-bond donors (Lipinski definition) is 1. The molecule has 4 heteroatoms. The van der Waals surface area contributed by atoms with Gasteiger partial charge in [0.1, 0.15) is 0 Å². The minimum Gasteiger partial charge on any atom is -0.292 e. The Labute approximate surface area is 33.7 Å². The van der Waals surface area contributed by atoms with Crippen LogP contribution in [0.15, 0.2) is 5.11 Å². The number of nitrogens with zero attached hydrogens (tertiary/aromatic N) is 1. The van der Waals surface area contributed by atoms with Gasteiger partial charge >= 0.3 is 5.91 Å². The number of aldehydes is 1. The molecule has 1 N–H and O–H groups in total. The van der Waals surface area contributed by atoms with Crippen molar-refractivity contribution in [3.63, 3.8) is 0 Å². The second-order valence-corrected chi connectivity index (χ2v) is 0.568. The van der Waals surface area contributed by atoms with Crippen LogP contribution >= 0.6 is 0 Å². The topological polar surface area (TPSA) is 70.3 Å². The highest BCUT2D eigenvalue weighted by Crippen LogP contribution is 1.59. The van der Waals surface area contributed by atoms with Crippen LogP contribution in [0.3, 0.4) is 0 Å². The molecule has 0 aromatic rings. The first-order valence-corrected chi connectivity index (χ1v) is 1.18. The lowest BCUT2D eigenvalue weighted by molar-refractivity contribution is -0.129. The molecular formula is C2H2N2O2. The standard InChI is InChI=1S/C2H2N2O2/c3-4-2(6)1-5/h1,3H. The summed E-state index contributed by atoms with van der Waals surface area (Å²) < 4.78 is 0. The van der Waals surface area contributed by atoms with Crippen molar-refractivity contribution in [2.75, 3.05) is 0 Å². The van der Waals surface area contributed by atoms with Crippen LogP contribution in [0.1, 0.15) is 0 Å². The van der Waals surface area contributed by atoms with Crippen molar-refractivity contribution < 1.29 is 9.59 Å². The first-order valence-electron chi connectivity index (χ1n) is 1.18. The van der Waals surface area contributed by atoms with Gasteiger partial charge in [0, 0.05) is 0 Å². The van der Waals surface area contributed by atoms with Crippen molar-refractivity contribution in [3.05, 3.63) is 0 Å². The molecule has 0 aliphatic heterocycles. The van der Waals surface area contributed by atoms with Gasteiger partial charge in [-0.2, -0.15) is 0 Å². The summed E-state index contributed by atoms with van der Waals surface area (Å²) in [7, 11) is 0. The summed E-state index contributed by atoms with van der Waals surface area (Å²) in [6.45, 7) is 0. The molecule has 0 radical (unpaired) electrons. The molecule has 32 valence electrons. The highest BCUT2D eigenvalue weighted by atomic mass is 16.2. The van der Waals surface area contributed by atoms with Gasteiger partial charge in [-0.3, -0.25) is 9.59 Å². The third-order valence-electron chi connectivity index (χ3n) is 0.211. The minimum atomic E-state index is -1.05. The predicted molar refractivity (Wildman–Crippen MR) is 16.2 cm³/mol. The Morgan fingerprint density at radius 2 is 2.33 bits per heavy atom. The van der Waals surface area contributed by atoms with Crippen molar-refractivity contribution in [3.8, 4) is 0 Å². The zero-order valence-electron chi connectivity index (χ0n) is 2.84. The number of amides is 1. The quantitative estimate of drug-likeness (QED) is 0.271. The number of rotatable bonds is 1. The molecule has 0 saturated heterocycles.